The van der Waals surface area contributed by atoms with Crippen molar-refractivity contribution >= 4 is 15.9 Å². The Labute approximate surface area is 119 Å². The van der Waals surface area contributed by atoms with E-state index in [0.29, 0.717) is 16.8 Å². The van der Waals surface area contributed by atoms with Gasteiger partial charge in [-0.2, -0.15) is 0 Å². The molecule has 0 saturated carbocycles. The smallest absolute Gasteiger partial charge is 0.216 e. The van der Waals surface area contributed by atoms with E-state index in [1.54, 1.807) is 19.2 Å². The summed E-state index contributed by atoms with van der Waals surface area (Å²) in [5.74, 6) is 0.196. The molecule has 2 rings (SSSR count). The highest BCUT2D eigenvalue weighted by molar-refractivity contribution is 9.10. The summed E-state index contributed by atoms with van der Waals surface area (Å²) in [7, 11) is 1.54. The molecule has 0 spiro atoms. The van der Waals surface area contributed by atoms with Crippen LogP contribution >= 0.6 is 15.9 Å². The van der Waals surface area contributed by atoms with Gasteiger partial charge in [0.05, 0.1) is 7.11 Å². The molecule has 1 aromatic heterocycles. The van der Waals surface area contributed by atoms with Gasteiger partial charge in [-0.05, 0) is 17.7 Å². The lowest BCUT2D eigenvalue weighted by molar-refractivity contribution is 0.395. The Morgan fingerprint density at radius 1 is 1.37 bits per heavy atom. The molecule has 19 heavy (non-hydrogen) atoms. The lowest BCUT2D eigenvalue weighted by Crippen LogP contribution is -2.15. The van der Waals surface area contributed by atoms with E-state index in [1.165, 1.54) is 18.5 Å². The maximum atomic E-state index is 13.0. The van der Waals surface area contributed by atoms with Crippen LogP contribution in [0.25, 0.3) is 0 Å². The van der Waals surface area contributed by atoms with Gasteiger partial charge in [0.2, 0.25) is 5.88 Å². The van der Waals surface area contributed by atoms with Crippen molar-refractivity contribution in [3.05, 3.63) is 52.1 Å². The van der Waals surface area contributed by atoms with E-state index in [1.807, 2.05) is 0 Å². The molecule has 0 aliphatic heterocycles. The predicted octanol–water partition coefficient (Wildman–Crippen LogP) is 2.63. The highest BCUT2D eigenvalue weighted by Gasteiger charge is 2.12. The van der Waals surface area contributed by atoms with Crippen LogP contribution in [0.5, 0.6) is 5.88 Å². The normalized spacial score (nSPS) is 12.2. The number of nitrogens with two attached hydrogens (primary N) is 1. The number of aromatic nitrogens is 2. The lowest BCUT2D eigenvalue weighted by Gasteiger charge is -2.13. The van der Waals surface area contributed by atoms with Gasteiger partial charge in [0.15, 0.2) is 0 Å². The minimum absolute atomic E-state index is 0.283. The van der Waals surface area contributed by atoms with Crippen LogP contribution in [0.3, 0.4) is 0 Å². The van der Waals surface area contributed by atoms with Crippen LogP contribution in [0.1, 0.15) is 17.3 Å². The van der Waals surface area contributed by atoms with Crippen molar-refractivity contribution in [2.45, 2.75) is 12.5 Å². The van der Waals surface area contributed by atoms with Gasteiger partial charge in [-0.15, -0.1) is 0 Å². The number of rotatable bonds is 4. The maximum absolute atomic E-state index is 13.0. The van der Waals surface area contributed by atoms with Crippen LogP contribution in [0.2, 0.25) is 0 Å². The average Bonchev–Trinajstić information content (AvgIpc) is 2.38. The minimum Gasteiger partial charge on any atom is -0.481 e. The molecule has 1 atom stereocenters. The molecule has 0 radical (unpaired) electrons. The molecule has 0 aliphatic rings. The maximum Gasteiger partial charge on any atom is 0.216 e. The fourth-order valence-electron chi connectivity index (χ4n) is 1.74. The number of nitrogens with zero attached hydrogens (tertiary/aromatic N) is 2. The summed E-state index contributed by atoms with van der Waals surface area (Å²) in [6, 6.07) is 5.91. The third-order valence-electron chi connectivity index (χ3n) is 2.70. The number of hydrogen-bond acceptors (Lipinski definition) is 4. The van der Waals surface area contributed by atoms with Crippen LogP contribution in [-0.4, -0.2) is 17.1 Å². The number of halogens is 2. The Bertz CT molecular complexity index is 580. The number of ether oxygens (including phenoxy) is 1. The zero-order chi connectivity index (χ0) is 13.8. The van der Waals surface area contributed by atoms with Crippen LogP contribution in [0, 0.1) is 5.82 Å². The van der Waals surface area contributed by atoms with Gasteiger partial charge in [-0.25, -0.2) is 14.4 Å². The van der Waals surface area contributed by atoms with Gasteiger partial charge in [0.1, 0.15) is 12.1 Å². The Kier molecular flexibility index (Phi) is 4.44. The first-order valence-electron chi connectivity index (χ1n) is 5.65. The zero-order valence-electron chi connectivity index (χ0n) is 10.3. The molecule has 100 valence electrons. The fraction of sp³-hybridized carbons (Fsp3) is 0.231. The highest BCUT2D eigenvalue weighted by atomic mass is 79.9. The monoisotopic (exact) mass is 325 g/mol. The van der Waals surface area contributed by atoms with E-state index in [2.05, 4.69) is 25.9 Å². The summed E-state index contributed by atoms with van der Waals surface area (Å²) in [4.78, 5) is 8.07. The van der Waals surface area contributed by atoms with Crippen LogP contribution < -0.4 is 10.5 Å². The van der Waals surface area contributed by atoms with E-state index in [4.69, 9.17) is 10.5 Å². The van der Waals surface area contributed by atoms with E-state index >= 15 is 0 Å². The third kappa shape index (κ3) is 3.48. The number of benzene rings is 1. The van der Waals surface area contributed by atoms with Crippen molar-refractivity contribution in [2.75, 3.05) is 7.11 Å². The molecule has 4 nitrogen and oxygen atoms in total. The van der Waals surface area contributed by atoms with Crippen molar-refractivity contribution in [3.63, 3.8) is 0 Å². The zero-order valence-corrected chi connectivity index (χ0v) is 11.9. The second-order valence-electron chi connectivity index (χ2n) is 4.03. The molecule has 0 fully saturated rings. The van der Waals surface area contributed by atoms with Gasteiger partial charge >= 0.3 is 0 Å². The standard InChI is InChI=1S/C13H13BrFN3O/c1-19-13-6-9(17-7-18-13)5-12(16)10-3-2-8(15)4-11(10)14/h2-4,6-7,12H,5,16H2,1H3. The molecule has 1 aromatic carbocycles. The molecule has 0 saturated heterocycles. The Morgan fingerprint density at radius 3 is 2.84 bits per heavy atom. The van der Waals surface area contributed by atoms with Crippen LogP contribution in [0.15, 0.2) is 35.1 Å². The summed E-state index contributed by atoms with van der Waals surface area (Å²) >= 11 is 3.31. The summed E-state index contributed by atoms with van der Waals surface area (Å²) in [6.07, 6.45) is 1.95. The third-order valence-corrected chi connectivity index (χ3v) is 3.39. The Morgan fingerprint density at radius 2 is 2.16 bits per heavy atom. The first-order chi connectivity index (χ1) is 9.10. The largest absolute Gasteiger partial charge is 0.481 e. The van der Waals surface area contributed by atoms with Crippen molar-refractivity contribution in [3.8, 4) is 5.88 Å². The minimum atomic E-state index is -0.300. The fourth-order valence-corrected chi connectivity index (χ4v) is 2.38. The van der Waals surface area contributed by atoms with Gasteiger partial charge in [0, 0.05) is 28.7 Å². The molecule has 1 unspecified atom stereocenters. The Balaban J connectivity index is 2.17. The summed E-state index contributed by atoms with van der Waals surface area (Å²) in [6.45, 7) is 0. The topological polar surface area (TPSA) is 61.0 Å². The number of methoxy groups -OCH3 is 1. The van der Waals surface area contributed by atoms with Gasteiger partial charge in [-0.3, -0.25) is 0 Å². The molecule has 6 heteroatoms. The van der Waals surface area contributed by atoms with Crippen LogP contribution in [0.4, 0.5) is 4.39 Å². The first kappa shape index (κ1) is 13.9. The number of hydrogen-bond donors (Lipinski definition) is 1. The van der Waals surface area contributed by atoms with Gasteiger partial charge in [0.25, 0.3) is 0 Å². The Hall–Kier alpha value is -1.53. The van der Waals surface area contributed by atoms with E-state index in [9.17, 15) is 4.39 Å². The van der Waals surface area contributed by atoms with Crippen molar-refractivity contribution in [2.24, 2.45) is 5.73 Å². The second kappa shape index (κ2) is 6.08. The van der Waals surface area contributed by atoms with Crippen molar-refractivity contribution in [1.82, 2.24) is 9.97 Å². The molecule has 0 aliphatic carbocycles. The summed E-state index contributed by atoms with van der Waals surface area (Å²) < 4.78 is 18.7. The van der Waals surface area contributed by atoms with Crippen molar-refractivity contribution < 1.29 is 9.13 Å². The SMILES string of the molecule is COc1cc(CC(N)c2ccc(F)cc2Br)ncn1. The van der Waals surface area contributed by atoms with E-state index in [-0.39, 0.29) is 11.9 Å². The van der Waals surface area contributed by atoms with Gasteiger partial charge < -0.3 is 10.5 Å². The average molecular weight is 326 g/mol. The summed E-state index contributed by atoms with van der Waals surface area (Å²) in [5, 5.41) is 0. The van der Waals surface area contributed by atoms with Crippen molar-refractivity contribution in [1.29, 1.82) is 0 Å². The summed E-state index contributed by atoms with van der Waals surface area (Å²) in [5.41, 5.74) is 7.72. The van der Waals surface area contributed by atoms with E-state index in [0.717, 1.165) is 11.3 Å². The molecular formula is C13H13BrFN3O. The molecule has 0 amide bonds. The quantitative estimate of drug-likeness (QED) is 0.938. The molecule has 2 N–H and O–H groups in total. The predicted molar refractivity (Wildman–Crippen MR) is 73.3 cm³/mol. The molecular weight excluding hydrogens is 313 g/mol. The lowest BCUT2D eigenvalue weighted by atomic mass is 10.0. The van der Waals surface area contributed by atoms with Crippen LogP contribution in [-0.2, 0) is 6.42 Å². The van der Waals surface area contributed by atoms with E-state index < -0.39 is 0 Å². The second-order valence-corrected chi connectivity index (χ2v) is 4.88. The first-order valence-corrected chi connectivity index (χ1v) is 6.45. The van der Waals surface area contributed by atoms with Gasteiger partial charge in [-0.1, -0.05) is 22.0 Å². The molecule has 0 bridgehead atoms. The highest BCUT2D eigenvalue weighted by Crippen LogP contribution is 2.25. The molecule has 2 aromatic rings. The molecule has 1 heterocycles.